The van der Waals surface area contributed by atoms with Gasteiger partial charge in [0.25, 0.3) is 0 Å². The van der Waals surface area contributed by atoms with Gasteiger partial charge in [0.05, 0.1) is 12.6 Å². The molecule has 0 bridgehead atoms. The molecule has 0 spiro atoms. The first kappa shape index (κ1) is 16.5. The van der Waals surface area contributed by atoms with Gasteiger partial charge < -0.3 is 16.2 Å². The molecule has 1 aromatic rings. The molecule has 0 radical (unpaired) electrons. The summed E-state index contributed by atoms with van der Waals surface area (Å²) in [6, 6.07) is 7.98. The van der Waals surface area contributed by atoms with Crippen molar-refractivity contribution in [3.05, 3.63) is 35.9 Å². The Balaban J connectivity index is 2.72. The number of carbonyl (C=O) groups excluding carboxylic acids is 1. The number of aliphatic hydroxyl groups is 1. The molecule has 0 saturated heterocycles. The van der Waals surface area contributed by atoms with Crippen LogP contribution in [0, 0.1) is 0 Å². The molecule has 2 atom stereocenters. The Kier molecular flexibility index (Phi) is 5.13. The first-order valence-electron chi connectivity index (χ1n) is 6.00. The highest BCUT2D eigenvalue weighted by molar-refractivity contribution is 5.86. The summed E-state index contributed by atoms with van der Waals surface area (Å²) in [5, 5.41) is 11.3. The van der Waals surface area contributed by atoms with Crippen LogP contribution in [0.4, 0.5) is 13.2 Å². The Morgan fingerprint density at radius 1 is 1.35 bits per heavy atom. The van der Waals surface area contributed by atoms with Crippen molar-refractivity contribution >= 4 is 5.91 Å². The van der Waals surface area contributed by atoms with Crippen LogP contribution in [-0.4, -0.2) is 35.4 Å². The van der Waals surface area contributed by atoms with Crippen LogP contribution < -0.4 is 11.1 Å². The molecular formula is C13H17F3N2O2. The summed E-state index contributed by atoms with van der Waals surface area (Å²) >= 11 is 0. The van der Waals surface area contributed by atoms with Gasteiger partial charge in [-0.1, -0.05) is 30.3 Å². The molecular weight excluding hydrogens is 273 g/mol. The van der Waals surface area contributed by atoms with Crippen molar-refractivity contribution in [3.8, 4) is 0 Å². The molecule has 0 aromatic heterocycles. The first-order chi connectivity index (χ1) is 9.18. The zero-order chi connectivity index (χ0) is 15.4. The number of rotatable bonds is 5. The van der Waals surface area contributed by atoms with E-state index in [4.69, 9.17) is 10.8 Å². The molecule has 1 rings (SSSR count). The number of hydrogen-bond acceptors (Lipinski definition) is 3. The Hall–Kier alpha value is -1.60. The molecule has 0 aliphatic carbocycles. The average molecular weight is 290 g/mol. The predicted molar refractivity (Wildman–Crippen MR) is 67.8 cm³/mol. The Labute approximate surface area is 114 Å². The van der Waals surface area contributed by atoms with E-state index >= 15 is 0 Å². The van der Waals surface area contributed by atoms with Gasteiger partial charge in [0.1, 0.15) is 0 Å². The molecule has 1 aromatic carbocycles. The van der Waals surface area contributed by atoms with Gasteiger partial charge in [-0.05, 0) is 18.9 Å². The van der Waals surface area contributed by atoms with Crippen LogP contribution >= 0.6 is 0 Å². The zero-order valence-corrected chi connectivity index (χ0v) is 10.9. The summed E-state index contributed by atoms with van der Waals surface area (Å²) in [6.45, 7) is 0.119. The highest BCUT2D eigenvalue weighted by atomic mass is 19.4. The summed E-state index contributed by atoms with van der Waals surface area (Å²) in [4.78, 5) is 11.6. The fraction of sp³-hybridized carbons (Fsp3) is 0.462. The van der Waals surface area contributed by atoms with Crippen molar-refractivity contribution in [2.24, 2.45) is 5.73 Å². The van der Waals surface area contributed by atoms with Crippen LogP contribution in [-0.2, 0) is 11.2 Å². The number of nitrogens with one attached hydrogen (secondary N) is 1. The van der Waals surface area contributed by atoms with Crippen molar-refractivity contribution in [2.45, 2.75) is 31.1 Å². The maximum absolute atomic E-state index is 12.6. The van der Waals surface area contributed by atoms with E-state index in [0.717, 1.165) is 5.56 Å². The molecule has 20 heavy (non-hydrogen) atoms. The van der Waals surface area contributed by atoms with E-state index in [1.54, 1.807) is 30.3 Å². The summed E-state index contributed by atoms with van der Waals surface area (Å²) in [6.07, 6.45) is -4.64. The molecule has 1 unspecified atom stereocenters. The smallest absolute Gasteiger partial charge is 0.394 e. The lowest BCUT2D eigenvalue weighted by atomic mass is 10.0. The van der Waals surface area contributed by atoms with Crippen LogP contribution in [0.25, 0.3) is 0 Å². The summed E-state index contributed by atoms with van der Waals surface area (Å²) < 4.78 is 37.9. The van der Waals surface area contributed by atoms with Crippen LogP contribution in [0.1, 0.15) is 12.5 Å². The third-order valence-corrected chi connectivity index (χ3v) is 2.94. The topological polar surface area (TPSA) is 75.4 Å². The molecule has 0 aliphatic rings. The summed E-state index contributed by atoms with van der Waals surface area (Å²) in [5.74, 6) is -1.36. The number of aliphatic hydroxyl groups excluding tert-OH is 1. The van der Waals surface area contributed by atoms with Crippen LogP contribution in [0.15, 0.2) is 30.3 Å². The SMILES string of the molecule is CC(N)(C(=O)N[C@H](CO)Cc1ccccc1)C(F)(F)F. The lowest BCUT2D eigenvalue weighted by Crippen LogP contribution is -2.63. The predicted octanol–water partition coefficient (Wildman–Crippen LogP) is 0.986. The van der Waals surface area contributed by atoms with Gasteiger partial charge in [-0.2, -0.15) is 13.2 Å². The van der Waals surface area contributed by atoms with E-state index in [9.17, 15) is 18.0 Å². The highest BCUT2D eigenvalue weighted by Crippen LogP contribution is 2.28. The number of halogens is 3. The number of alkyl halides is 3. The second-order valence-corrected chi connectivity index (χ2v) is 4.74. The highest BCUT2D eigenvalue weighted by Gasteiger charge is 2.54. The lowest BCUT2D eigenvalue weighted by Gasteiger charge is -2.28. The number of hydrogen-bond donors (Lipinski definition) is 3. The van der Waals surface area contributed by atoms with Gasteiger partial charge in [0.15, 0.2) is 5.54 Å². The monoisotopic (exact) mass is 290 g/mol. The second kappa shape index (κ2) is 6.23. The van der Waals surface area contributed by atoms with Crippen molar-refractivity contribution in [3.63, 3.8) is 0 Å². The van der Waals surface area contributed by atoms with Gasteiger partial charge in [0.2, 0.25) is 5.91 Å². The molecule has 112 valence electrons. The van der Waals surface area contributed by atoms with Crippen LogP contribution in [0.5, 0.6) is 0 Å². The average Bonchev–Trinajstić information content (AvgIpc) is 2.37. The van der Waals surface area contributed by atoms with Crippen molar-refractivity contribution in [2.75, 3.05) is 6.61 Å². The lowest BCUT2D eigenvalue weighted by molar-refractivity contribution is -0.187. The summed E-state index contributed by atoms with van der Waals surface area (Å²) in [5.41, 5.74) is 2.82. The molecule has 7 heteroatoms. The quantitative estimate of drug-likeness (QED) is 0.757. The molecule has 0 heterocycles. The van der Waals surface area contributed by atoms with Gasteiger partial charge in [0, 0.05) is 0 Å². The number of carbonyl (C=O) groups is 1. The minimum absolute atomic E-state index is 0.219. The van der Waals surface area contributed by atoms with Gasteiger partial charge in [-0.15, -0.1) is 0 Å². The Morgan fingerprint density at radius 3 is 2.35 bits per heavy atom. The van der Waals surface area contributed by atoms with Gasteiger partial charge >= 0.3 is 6.18 Å². The minimum Gasteiger partial charge on any atom is -0.394 e. The van der Waals surface area contributed by atoms with Crippen molar-refractivity contribution in [1.82, 2.24) is 5.32 Å². The molecule has 4 nitrogen and oxygen atoms in total. The van der Waals surface area contributed by atoms with E-state index in [-0.39, 0.29) is 6.42 Å². The van der Waals surface area contributed by atoms with E-state index < -0.39 is 30.3 Å². The number of nitrogens with two attached hydrogens (primary N) is 1. The first-order valence-corrected chi connectivity index (χ1v) is 6.00. The third-order valence-electron chi connectivity index (χ3n) is 2.94. The third kappa shape index (κ3) is 3.94. The van der Waals surface area contributed by atoms with Crippen molar-refractivity contribution in [1.29, 1.82) is 0 Å². The zero-order valence-electron chi connectivity index (χ0n) is 10.9. The van der Waals surface area contributed by atoms with E-state index in [0.29, 0.717) is 6.92 Å². The molecule has 0 saturated carbocycles. The number of amides is 1. The molecule has 0 fully saturated rings. The second-order valence-electron chi connectivity index (χ2n) is 4.74. The van der Waals surface area contributed by atoms with Gasteiger partial charge in [-0.3, -0.25) is 4.79 Å². The summed E-state index contributed by atoms with van der Waals surface area (Å²) in [7, 11) is 0. The van der Waals surface area contributed by atoms with Crippen LogP contribution in [0.2, 0.25) is 0 Å². The maximum Gasteiger partial charge on any atom is 0.415 e. The van der Waals surface area contributed by atoms with Crippen LogP contribution in [0.3, 0.4) is 0 Å². The Morgan fingerprint density at radius 2 is 1.90 bits per heavy atom. The van der Waals surface area contributed by atoms with E-state index in [1.807, 2.05) is 0 Å². The Bertz CT molecular complexity index is 447. The molecule has 0 aliphatic heterocycles. The largest absolute Gasteiger partial charge is 0.415 e. The number of benzene rings is 1. The van der Waals surface area contributed by atoms with Gasteiger partial charge in [-0.25, -0.2) is 0 Å². The normalized spacial score (nSPS) is 16.3. The maximum atomic E-state index is 12.6. The molecule has 4 N–H and O–H groups in total. The van der Waals surface area contributed by atoms with E-state index in [2.05, 4.69) is 5.32 Å². The van der Waals surface area contributed by atoms with E-state index in [1.165, 1.54) is 0 Å². The fourth-order valence-corrected chi connectivity index (χ4v) is 1.52. The van der Waals surface area contributed by atoms with Crippen molar-refractivity contribution < 1.29 is 23.1 Å². The molecule has 1 amide bonds. The minimum atomic E-state index is -4.86. The standard InChI is InChI=1S/C13H17F3N2O2/c1-12(17,13(14,15)16)11(20)18-10(8-19)7-9-5-3-2-4-6-9/h2-6,10,19H,7-8,17H2,1H3,(H,18,20)/t10-,12?/m0/s1. The fourth-order valence-electron chi connectivity index (χ4n) is 1.52.